The number of hydrogen-bond donors (Lipinski definition) is 2. The Morgan fingerprint density at radius 1 is 1.09 bits per heavy atom. The lowest BCUT2D eigenvalue weighted by atomic mass is 9.84. The van der Waals surface area contributed by atoms with Gasteiger partial charge in [0.25, 0.3) is 0 Å². The number of carboxylic acids is 1. The molecule has 7 nitrogen and oxygen atoms in total. The second-order valence-corrected chi connectivity index (χ2v) is 10.7. The number of carbonyl (C=O) groups is 3. The third kappa shape index (κ3) is 4.64. The van der Waals surface area contributed by atoms with Crippen molar-refractivity contribution in [2.45, 2.75) is 52.5 Å². The first-order valence-electron chi connectivity index (χ1n) is 12.2. The van der Waals surface area contributed by atoms with Crippen molar-refractivity contribution in [2.75, 3.05) is 19.7 Å². The summed E-state index contributed by atoms with van der Waals surface area (Å²) in [5.41, 5.74) is 3.02. The first-order valence-corrected chi connectivity index (χ1v) is 12.2. The van der Waals surface area contributed by atoms with E-state index in [9.17, 15) is 19.5 Å². The number of hydrogen-bond acceptors (Lipinski definition) is 4. The third-order valence-electron chi connectivity index (χ3n) is 7.51. The van der Waals surface area contributed by atoms with Crippen LogP contribution in [0.4, 0.5) is 4.79 Å². The molecular weight excluding hydrogens is 444 g/mol. The summed E-state index contributed by atoms with van der Waals surface area (Å²) in [6, 6.07) is 15.4. The van der Waals surface area contributed by atoms with E-state index in [1.54, 1.807) is 4.90 Å². The molecule has 2 N–H and O–H groups in total. The number of aliphatic carboxylic acids is 1. The Labute approximate surface area is 206 Å². The van der Waals surface area contributed by atoms with Crippen molar-refractivity contribution in [1.29, 1.82) is 0 Å². The molecule has 2 atom stereocenters. The highest BCUT2D eigenvalue weighted by molar-refractivity contribution is 5.88. The molecular formula is C28H34N2O5. The fraction of sp³-hybridized carbons (Fsp3) is 0.464. The monoisotopic (exact) mass is 478 g/mol. The highest BCUT2D eigenvalue weighted by atomic mass is 16.5. The number of nitrogens with one attached hydrogen (secondary N) is 1. The van der Waals surface area contributed by atoms with Crippen LogP contribution in [0, 0.1) is 10.8 Å². The van der Waals surface area contributed by atoms with Crippen LogP contribution in [0.25, 0.3) is 11.1 Å². The summed E-state index contributed by atoms with van der Waals surface area (Å²) in [6.07, 6.45) is 0.206. The summed E-state index contributed by atoms with van der Waals surface area (Å²) in [6.45, 7) is 8.12. The van der Waals surface area contributed by atoms with Crippen molar-refractivity contribution < 1.29 is 24.2 Å². The molecule has 4 rings (SSSR count). The zero-order valence-electron chi connectivity index (χ0n) is 20.8. The van der Waals surface area contributed by atoms with Gasteiger partial charge in [-0.3, -0.25) is 9.59 Å². The normalized spacial score (nSPS) is 20.2. The molecule has 2 aliphatic rings. The molecule has 2 aromatic rings. The first-order chi connectivity index (χ1) is 16.6. The first kappa shape index (κ1) is 24.8. The number of carboxylic acid groups (broad SMARTS) is 1. The van der Waals surface area contributed by atoms with E-state index in [1.165, 1.54) is 0 Å². The van der Waals surface area contributed by atoms with Gasteiger partial charge < -0.3 is 20.1 Å². The molecule has 2 amide bonds. The topological polar surface area (TPSA) is 95.9 Å². The molecule has 1 fully saturated rings. The van der Waals surface area contributed by atoms with Crippen LogP contribution in [0.5, 0.6) is 0 Å². The molecule has 1 aliphatic heterocycles. The summed E-state index contributed by atoms with van der Waals surface area (Å²) in [4.78, 5) is 39.7. The van der Waals surface area contributed by atoms with Crippen molar-refractivity contribution in [3.63, 3.8) is 0 Å². The number of benzene rings is 2. The Kier molecular flexibility index (Phi) is 6.62. The smallest absolute Gasteiger partial charge is 0.407 e. The Hall–Kier alpha value is -3.35. The zero-order valence-corrected chi connectivity index (χ0v) is 20.8. The fourth-order valence-corrected chi connectivity index (χ4v) is 5.26. The Morgan fingerprint density at radius 2 is 1.66 bits per heavy atom. The maximum Gasteiger partial charge on any atom is 0.407 e. The molecule has 186 valence electrons. The number of rotatable bonds is 6. The molecule has 1 saturated heterocycles. The molecule has 0 radical (unpaired) electrons. The highest BCUT2D eigenvalue weighted by Gasteiger charge is 2.47. The van der Waals surface area contributed by atoms with E-state index in [0.717, 1.165) is 22.3 Å². The van der Waals surface area contributed by atoms with Gasteiger partial charge in [0.1, 0.15) is 12.6 Å². The number of ether oxygens (including phenoxy) is 1. The van der Waals surface area contributed by atoms with Gasteiger partial charge in [0.05, 0.1) is 5.41 Å². The largest absolute Gasteiger partial charge is 0.481 e. The van der Waals surface area contributed by atoms with Crippen LogP contribution in [-0.4, -0.2) is 53.7 Å². The van der Waals surface area contributed by atoms with Gasteiger partial charge in [0.2, 0.25) is 5.91 Å². The van der Waals surface area contributed by atoms with Crippen molar-refractivity contribution in [3.05, 3.63) is 59.7 Å². The number of carbonyl (C=O) groups excluding carboxylic acids is 2. The average molecular weight is 479 g/mol. The van der Waals surface area contributed by atoms with Gasteiger partial charge in [0.15, 0.2) is 0 Å². The van der Waals surface area contributed by atoms with Gasteiger partial charge in [-0.25, -0.2) is 4.79 Å². The number of alkyl carbamates (subject to hydrolysis) is 1. The van der Waals surface area contributed by atoms with Crippen LogP contribution in [-0.2, 0) is 14.3 Å². The van der Waals surface area contributed by atoms with Gasteiger partial charge >= 0.3 is 12.1 Å². The van der Waals surface area contributed by atoms with E-state index in [2.05, 4.69) is 29.6 Å². The van der Waals surface area contributed by atoms with Gasteiger partial charge in [-0.1, -0.05) is 76.2 Å². The summed E-state index contributed by atoms with van der Waals surface area (Å²) in [5.74, 6) is -1.23. The van der Waals surface area contributed by atoms with Crippen molar-refractivity contribution in [1.82, 2.24) is 10.2 Å². The predicted octanol–water partition coefficient (Wildman–Crippen LogP) is 4.65. The van der Waals surface area contributed by atoms with E-state index in [1.807, 2.05) is 52.0 Å². The molecule has 0 bridgehead atoms. The molecule has 0 spiro atoms. The van der Waals surface area contributed by atoms with E-state index < -0.39 is 28.9 Å². The summed E-state index contributed by atoms with van der Waals surface area (Å²) < 4.78 is 5.66. The second-order valence-electron chi connectivity index (χ2n) is 10.7. The standard InChI is InChI=1S/C28H34N2O5/c1-5-28(25(32)33)14-15-30(17-28)24(31)23(27(2,3)4)29-26(34)35-16-22-20-12-8-6-10-18(20)19-11-7-9-13-21(19)22/h6-13,22-23H,5,14-17H2,1-4H3,(H,29,34)(H,32,33)/t23-,28?/m1/s1. The molecule has 7 heteroatoms. The van der Waals surface area contributed by atoms with E-state index in [0.29, 0.717) is 19.4 Å². The van der Waals surface area contributed by atoms with Crippen LogP contribution in [0.3, 0.4) is 0 Å². The molecule has 1 heterocycles. The third-order valence-corrected chi connectivity index (χ3v) is 7.51. The van der Waals surface area contributed by atoms with Gasteiger partial charge in [-0.05, 0) is 40.5 Å². The maximum atomic E-state index is 13.4. The van der Waals surface area contributed by atoms with Crippen molar-refractivity contribution in [3.8, 4) is 11.1 Å². The van der Waals surface area contributed by atoms with Crippen LogP contribution in [0.15, 0.2) is 48.5 Å². The lowest BCUT2D eigenvalue weighted by molar-refractivity contribution is -0.149. The Bertz CT molecular complexity index is 1090. The van der Waals surface area contributed by atoms with E-state index >= 15 is 0 Å². The lowest BCUT2D eigenvalue weighted by Crippen LogP contribution is -2.55. The number of likely N-dealkylation sites (tertiary alicyclic amines) is 1. The van der Waals surface area contributed by atoms with Crippen LogP contribution >= 0.6 is 0 Å². The van der Waals surface area contributed by atoms with Crippen LogP contribution < -0.4 is 5.32 Å². The second kappa shape index (κ2) is 9.36. The van der Waals surface area contributed by atoms with Crippen molar-refractivity contribution in [2.24, 2.45) is 10.8 Å². The fourth-order valence-electron chi connectivity index (χ4n) is 5.26. The SMILES string of the molecule is CCC1(C(=O)O)CCN(C(=O)[C@@H](NC(=O)OCC2c3ccccc3-c3ccccc32)C(C)(C)C)C1. The lowest BCUT2D eigenvalue weighted by Gasteiger charge is -2.33. The van der Waals surface area contributed by atoms with Crippen LogP contribution in [0.2, 0.25) is 0 Å². The Balaban J connectivity index is 1.45. The van der Waals surface area contributed by atoms with Gasteiger partial charge in [-0.15, -0.1) is 0 Å². The number of fused-ring (bicyclic) bond motifs is 3. The summed E-state index contributed by atoms with van der Waals surface area (Å²) in [5, 5.41) is 12.5. The Morgan fingerprint density at radius 3 is 2.14 bits per heavy atom. The van der Waals surface area contributed by atoms with E-state index in [-0.39, 0.29) is 25.0 Å². The molecule has 0 aromatic heterocycles. The predicted molar refractivity (Wildman–Crippen MR) is 133 cm³/mol. The molecule has 0 saturated carbocycles. The molecule has 35 heavy (non-hydrogen) atoms. The quantitative estimate of drug-likeness (QED) is 0.630. The van der Waals surface area contributed by atoms with Crippen molar-refractivity contribution >= 4 is 18.0 Å². The minimum atomic E-state index is -0.929. The highest BCUT2D eigenvalue weighted by Crippen LogP contribution is 2.44. The van der Waals surface area contributed by atoms with E-state index in [4.69, 9.17) is 4.74 Å². The minimum Gasteiger partial charge on any atom is -0.481 e. The number of amides is 2. The maximum absolute atomic E-state index is 13.4. The van der Waals surface area contributed by atoms with Gasteiger partial charge in [0, 0.05) is 19.0 Å². The molecule has 2 aromatic carbocycles. The average Bonchev–Trinajstić information content (AvgIpc) is 3.41. The summed E-state index contributed by atoms with van der Waals surface area (Å²) in [7, 11) is 0. The van der Waals surface area contributed by atoms with Gasteiger partial charge in [-0.2, -0.15) is 0 Å². The minimum absolute atomic E-state index is 0.0729. The molecule has 1 aliphatic carbocycles. The van der Waals surface area contributed by atoms with Crippen LogP contribution in [0.1, 0.15) is 57.6 Å². The zero-order chi connectivity index (χ0) is 25.4. The number of nitrogens with zero attached hydrogens (tertiary/aromatic N) is 1. The summed E-state index contributed by atoms with van der Waals surface area (Å²) >= 11 is 0. The molecule has 1 unspecified atom stereocenters.